The van der Waals surface area contributed by atoms with E-state index in [1.807, 2.05) is 0 Å². The van der Waals surface area contributed by atoms with Gasteiger partial charge in [0.1, 0.15) is 0 Å². The molecule has 0 aromatic rings. The molecule has 13 heteroatoms. The first-order chi connectivity index (χ1) is 4.00. The van der Waals surface area contributed by atoms with Crippen LogP contribution >= 0.6 is 7.82 Å². The van der Waals surface area contributed by atoms with Crippen LogP contribution in [0.25, 0.3) is 0 Å². The molecule has 0 aromatic carbocycles. The molecule has 0 amide bonds. The van der Waals surface area contributed by atoms with Gasteiger partial charge in [0, 0.05) is 0 Å². The Morgan fingerprint density at radius 3 is 0.923 bits per heavy atom. The summed E-state index contributed by atoms with van der Waals surface area (Å²) in [7, 11) is -9.25. The van der Waals surface area contributed by atoms with Crippen molar-refractivity contribution in [2.45, 2.75) is 0 Å². The topological polar surface area (TPSA) is 190 Å². The summed E-state index contributed by atoms with van der Waals surface area (Å²) >= 11 is 0. The summed E-state index contributed by atoms with van der Waals surface area (Å²) in [6, 6.07) is 0. The van der Waals surface area contributed by atoms with E-state index in [1.165, 1.54) is 0 Å². The molecule has 0 atom stereocenters. The Morgan fingerprint density at radius 2 is 0.923 bits per heavy atom. The van der Waals surface area contributed by atoms with Gasteiger partial charge < -0.3 is 39.3 Å². The van der Waals surface area contributed by atoms with Crippen LogP contribution in [0.4, 0.5) is 0 Å². The molecule has 0 aliphatic rings. The van der Waals surface area contributed by atoms with Gasteiger partial charge in [0.05, 0.1) is 0 Å². The third-order valence-corrected chi connectivity index (χ3v) is 0. The molecule has 13 heavy (non-hydrogen) atoms. The first-order valence-corrected chi connectivity index (χ1v) is 5.03. The summed E-state index contributed by atoms with van der Waals surface area (Å²) < 4.78 is 8.88. The summed E-state index contributed by atoms with van der Waals surface area (Å²) in [6.07, 6.45) is 0. The molecule has 9 N–H and O–H groups in total. The zero-order valence-electron chi connectivity index (χ0n) is 4.99. The Balaban J connectivity index is -0.0000000267. The van der Waals surface area contributed by atoms with Gasteiger partial charge in [-0.15, -0.1) is 0 Å². The molecule has 9 nitrogen and oxygen atoms in total. The van der Waals surface area contributed by atoms with Crippen LogP contribution in [0.2, 0.25) is 0 Å². The SMILES string of the molecule is O.O=P(O)(O)O.O[Si](O)(O)O.[AlH3].[CaH2]. The summed E-state index contributed by atoms with van der Waals surface area (Å²) in [5, 5.41) is 0. The van der Waals surface area contributed by atoms with Gasteiger partial charge in [-0.3, -0.25) is 0 Å². The van der Waals surface area contributed by atoms with Crippen molar-refractivity contribution < 1.29 is 43.9 Å². The van der Waals surface area contributed by atoms with Crippen molar-refractivity contribution in [2.24, 2.45) is 0 Å². The van der Waals surface area contributed by atoms with Crippen molar-refractivity contribution in [3.05, 3.63) is 0 Å². The van der Waals surface area contributed by atoms with E-state index in [0.717, 1.165) is 0 Å². The van der Waals surface area contributed by atoms with Gasteiger partial charge >= 0.3 is 54.6 Å². The molecule has 0 spiro atoms. The van der Waals surface area contributed by atoms with Crippen molar-refractivity contribution >= 4 is 72.0 Å². The second-order valence-corrected chi connectivity index (χ2v) is 3.34. The fourth-order valence-corrected chi connectivity index (χ4v) is 0. The molecule has 0 saturated carbocycles. The van der Waals surface area contributed by atoms with Crippen LogP contribution in [0, 0.1) is 0 Å². The third-order valence-electron chi connectivity index (χ3n) is 0. The van der Waals surface area contributed by atoms with Crippen molar-refractivity contribution in [1.82, 2.24) is 0 Å². The number of phosphoric acid groups is 1. The minimum absolute atomic E-state index is 0. The fourth-order valence-electron chi connectivity index (χ4n) is 0. The zero-order valence-corrected chi connectivity index (χ0v) is 6.88. The monoisotopic (exact) mass is 284 g/mol. The van der Waals surface area contributed by atoms with Crippen molar-refractivity contribution in [2.75, 3.05) is 0 Å². The molecule has 0 radical (unpaired) electrons. The zero-order chi connectivity index (χ0) is 9.00. The Bertz CT molecular complexity index is 112. The van der Waals surface area contributed by atoms with Gasteiger partial charge in [-0.1, -0.05) is 0 Å². The maximum atomic E-state index is 8.88. The van der Waals surface area contributed by atoms with E-state index in [0.29, 0.717) is 0 Å². The molecule has 0 fully saturated rings. The van der Waals surface area contributed by atoms with Crippen LogP contribution in [0.3, 0.4) is 0 Å². The molecule has 0 saturated heterocycles. The third kappa shape index (κ3) is 537. The molecule has 0 aliphatic heterocycles. The molecule has 0 unspecified atom stereocenters. The number of hydrogen-bond donors (Lipinski definition) is 7. The number of hydrogen-bond acceptors (Lipinski definition) is 5. The van der Waals surface area contributed by atoms with Gasteiger partial charge in [-0.05, 0) is 0 Å². The standard InChI is InChI=1S/Al.Ca.H3O4P.H4O4Si.H2O.5H/c;;2*1-5(2,3)4;;;;;;/h;;(H3,1,2,3,4);1-4H;1H2;;;;;. The quantitative estimate of drug-likeness (QED) is 0.169. The average molecular weight is 284 g/mol. The van der Waals surface area contributed by atoms with Gasteiger partial charge in [0.2, 0.25) is 0 Å². The van der Waals surface area contributed by atoms with Crippen LogP contribution in [0.5, 0.6) is 0 Å². The second-order valence-electron chi connectivity index (χ2n) is 1.11. The molecule has 0 rings (SSSR count). The Hall–Kier alpha value is 1.92. The summed E-state index contributed by atoms with van der Waals surface area (Å²) in [4.78, 5) is 50.9. The van der Waals surface area contributed by atoms with Crippen molar-refractivity contribution in [1.29, 1.82) is 0 Å². The fraction of sp³-hybridized carbons (Fsp3) is 0. The first kappa shape index (κ1) is 29.4. The van der Waals surface area contributed by atoms with E-state index in [4.69, 9.17) is 38.4 Å². The van der Waals surface area contributed by atoms with Crippen LogP contribution in [-0.2, 0) is 4.57 Å². The van der Waals surface area contributed by atoms with Crippen molar-refractivity contribution in [3.8, 4) is 0 Å². The van der Waals surface area contributed by atoms with Crippen LogP contribution in [0.1, 0.15) is 0 Å². The summed E-state index contributed by atoms with van der Waals surface area (Å²) in [5.74, 6) is 0. The molecule has 0 heterocycles. The predicted octanol–water partition coefficient (Wildman–Crippen LogP) is -6.46. The van der Waals surface area contributed by atoms with Gasteiger partial charge in [0.15, 0.2) is 17.4 Å². The molecule has 82 valence electrons. The minimum atomic E-state index is -4.64. The second kappa shape index (κ2) is 12.0. The normalized spacial score (nSPS) is 9.15. The number of rotatable bonds is 0. The van der Waals surface area contributed by atoms with Gasteiger partial charge in [0.25, 0.3) is 0 Å². The molecular weight excluding hydrogens is 270 g/mol. The first-order valence-electron chi connectivity index (χ1n) is 1.68. The predicted molar refractivity (Wildman–Crippen MR) is 51.0 cm³/mol. The van der Waals surface area contributed by atoms with Crippen LogP contribution in [0.15, 0.2) is 0 Å². The van der Waals surface area contributed by atoms with E-state index < -0.39 is 16.9 Å². The Kier molecular flexibility index (Phi) is 27.1. The Labute approximate surface area is 115 Å². The molecule has 0 aliphatic carbocycles. The van der Waals surface area contributed by atoms with E-state index in [1.54, 1.807) is 0 Å². The van der Waals surface area contributed by atoms with E-state index in [-0.39, 0.29) is 60.6 Å². The van der Waals surface area contributed by atoms with E-state index >= 15 is 0 Å². The van der Waals surface area contributed by atoms with E-state index in [2.05, 4.69) is 0 Å². The van der Waals surface area contributed by atoms with Gasteiger partial charge in [-0.25, -0.2) is 4.57 Å². The van der Waals surface area contributed by atoms with Crippen LogP contribution in [-0.4, -0.2) is 103 Å². The average Bonchev–Trinajstić information content (AvgIpc) is 1.12. The van der Waals surface area contributed by atoms with Crippen LogP contribution < -0.4 is 0 Å². The summed E-state index contributed by atoms with van der Waals surface area (Å²) in [5.41, 5.74) is 0. The molecule has 0 bridgehead atoms. The van der Waals surface area contributed by atoms with Gasteiger partial charge in [-0.2, -0.15) is 0 Å². The maximum absolute atomic E-state index is 8.88. The Morgan fingerprint density at radius 1 is 0.923 bits per heavy atom. The molecular formula is H14AlCaO9PSi. The summed E-state index contributed by atoms with van der Waals surface area (Å²) in [6.45, 7) is 0. The van der Waals surface area contributed by atoms with Crippen molar-refractivity contribution in [3.63, 3.8) is 0 Å². The molecule has 0 aromatic heterocycles. The van der Waals surface area contributed by atoms with E-state index in [9.17, 15) is 0 Å².